The van der Waals surface area contributed by atoms with Crippen LogP contribution in [-0.2, 0) is 38.2 Å². The number of nitrogens with one attached hydrogen (secondary N) is 2. The number of aliphatic hydroxyl groups excluding tert-OH is 6. The zero-order valence-corrected chi connectivity index (χ0v) is 44.7. The van der Waals surface area contributed by atoms with E-state index in [0.717, 1.165) is 33.4 Å². The van der Waals surface area contributed by atoms with Crippen molar-refractivity contribution in [3.8, 4) is 0 Å². The molecule has 0 aromatic carbocycles. The van der Waals surface area contributed by atoms with Gasteiger partial charge in [-0.1, -0.05) is 135 Å². The smallest absolute Gasteiger partial charge is 0.307 e. The van der Waals surface area contributed by atoms with E-state index in [4.69, 9.17) is 24.8 Å². The highest BCUT2D eigenvalue weighted by molar-refractivity contribution is 6.02. The molecule has 2 aliphatic carbocycles. The molecule has 0 radical (unpaired) electrons. The van der Waals surface area contributed by atoms with Crippen LogP contribution < -0.4 is 10.6 Å². The summed E-state index contributed by atoms with van der Waals surface area (Å²) in [5, 5.41) is 58.8. The van der Waals surface area contributed by atoms with E-state index in [0.29, 0.717) is 17.6 Å². The van der Waals surface area contributed by atoms with E-state index in [2.05, 4.69) is 10.6 Å². The van der Waals surface area contributed by atoms with Gasteiger partial charge in [0.2, 0.25) is 11.8 Å². The third-order valence-corrected chi connectivity index (χ3v) is 12.1. The lowest BCUT2D eigenvalue weighted by Gasteiger charge is -2.36. The number of carbonyl (C=O) groups is 6. The van der Waals surface area contributed by atoms with Crippen molar-refractivity contribution in [1.29, 1.82) is 0 Å². The highest BCUT2D eigenvalue weighted by atomic mass is 16.6. The summed E-state index contributed by atoms with van der Waals surface area (Å²) in [6.45, 7) is 18.3. The number of hydrogen-bond donors (Lipinski definition) is 8. The van der Waals surface area contributed by atoms with E-state index >= 15 is 0 Å². The van der Waals surface area contributed by atoms with E-state index < -0.39 is 91.4 Å². The van der Waals surface area contributed by atoms with E-state index in [1.165, 1.54) is 0 Å². The summed E-state index contributed by atoms with van der Waals surface area (Å²) in [7, 11) is 0. The standard InChI is InChI=1S/C55H76N2O13.C2H6O/c1-36(17-13-19-38(3)21-23-43-40(5)51(67)45(29-53(43,7)8)69-49(65)27-25-47(63)56-42(31-58)32-59)15-11-12-16-37(2)18-14-20-39(4)22-24-44-41(6)52(68)46(30-54(44,9)10)70-50(66)28-26-48(64)57-55(33-60,34-61)35-62;1-2-3/h11-24,42,45-46,58-62H,25-35H2,1-10H3,(H,56,63)(H,57,64);3H,2H2,1H3/b12-11+,17-13+,18-14+,23-21+,24-22+,36-15+,37-16+,38-19+,39-20+;. The van der Waals surface area contributed by atoms with Crippen LogP contribution in [0.5, 0.6) is 0 Å². The summed E-state index contributed by atoms with van der Waals surface area (Å²) in [6, 6.07) is -0.807. The van der Waals surface area contributed by atoms with E-state index in [-0.39, 0.29) is 50.3 Å². The minimum Gasteiger partial charge on any atom is -0.454 e. The molecule has 0 fully saturated rings. The average molecular weight is 1020 g/mol. The highest BCUT2D eigenvalue weighted by Crippen LogP contribution is 2.42. The fraction of sp³-hybridized carbons (Fsp3) is 0.509. The van der Waals surface area contributed by atoms with Crippen molar-refractivity contribution < 1.29 is 68.9 Å². The molecule has 2 rings (SSSR count). The molecule has 0 saturated heterocycles. The van der Waals surface area contributed by atoms with Crippen LogP contribution >= 0.6 is 0 Å². The first-order valence-corrected chi connectivity index (χ1v) is 24.5. The van der Waals surface area contributed by atoms with E-state index in [1.54, 1.807) is 20.8 Å². The van der Waals surface area contributed by atoms with Crippen LogP contribution in [0.25, 0.3) is 0 Å². The Morgan fingerprint density at radius 1 is 0.589 bits per heavy atom. The number of hydrogen-bond acceptors (Lipinski definition) is 14. The van der Waals surface area contributed by atoms with Crippen LogP contribution in [0.4, 0.5) is 0 Å². The molecule has 8 N–H and O–H groups in total. The van der Waals surface area contributed by atoms with Gasteiger partial charge in [-0.3, -0.25) is 28.8 Å². The van der Waals surface area contributed by atoms with Crippen molar-refractivity contribution in [2.24, 2.45) is 10.8 Å². The molecule has 0 aliphatic heterocycles. The second-order valence-electron chi connectivity index (χ2n) is 19.6. The van der Waals surface area contributed by atoms with Gasteiger partial charge in [-0.2, -0.15) is 0 Å². The molecule has 2 amide bonds. The predicted octanol–water partition coefficient (Wildman–Crippen LogP) is 5.87. The van der Waals surface area contributed by atoms with Crippen molar-refractivity contribution in [3.05, 3.63) is 130 Å². The van der Waals surface area contributed by atoms with Gasteiger partial charge in [0.1, 0.15) is 5.54 Å². The molecule has 16 nitrogen and oxygen atoms in total. The first kappa shape index (κ1) is 65.1. The van der Waals surface area contributed by atoms with Crippen molar-refractivity contribution in [2.45, 2.75) is 138 Å². The highest BCUT2D eigenvalue weighted by Gasteiger charge is 2.41. The van der Waals surface area contributed by atoms with Crippen molar-refractivity contribution in [1.82, 2.24) is 10.6 Å². The number of aliphatic hydroxyl groups is 6. The van der Waals surface area contributed by atoms with E-state index in [1.807, 2.05) is 140 Å². The molecule has 16 heteroatoms. The van der Waals surface area contributed by atoms with E-state index in [9.17, 15) is 44.1 Å². The van der Waals surface area contributed by atoms with Gasteiger partial charge in [0.05, 0.1) is 51.9 Å². The Balaban J connectivity index is 0.00000865. The van der Waals surface area contributed by atoms with Gasteiger partial charge in [0.15, 0.2) is 23.8 Å². The average Bonchev–Trinajstić information content (AvgIpc) is 3.33. The quantitative estimate of drug-likeness (QED) is 0.0393. The molecule has 0 bridgehead atoms. The number of amides is 2. The zero-order valence-electron chi connectivity index (χ0n) is 44.7. The van der Waals surface area contributed by atoms with Gasteiger partial charge < -0.3 is 50.7 Å². The number of esters is 2. The molecule has 0 spiro atoms. The van der Waals surface area contributed by atoms with Gasteiger partial charge >= 0.3 is 11.9 Å². The fourth-order valence-corrected chi connectivity index (χ4v) is 7.70. The summed E-state index contributed by atoms with van der Waals surface area (Å²) in [5.41, 5.74) is 4.10. The van der Waals surface area contributed by atoms with Crippen LogP contribution in [0.2, 0.25) is 0 Å². The first-order chi connectivity index (χ1) is 34.3. The lowest BCUT2D eigenvalue weighted by Crippen LogP contribution is -2.57. The number of allylic oxidation sites excluding steroid dienone is 20. The second-order valence-corrected chi connectivity index (χ2v) is 19.6. The van der Waals surface area contributed by atoms with Crippen LogP contribution in [0.3, 0.4) is 0 Å². The third kappa shape index (κ3) is 22.8. The van der Waals surface area contributed by atoms with Gasteiger partial charge in [-0.05, 0) is 81.6 Å². The Hall–Kier alpha value is -5.88. The normalized spacial score (nSPS) is 19.2. The third-order valence-electron chi connectivity index (χ3n) is 12.1. The first-order valence-electron chi connectivity index (χ1n) is 24.5. The molecule has 2 atom stereocenters. The maximum Gasteiger partial charge on any atom is 0.307 e. The molecule has 2 aliphatic rings. The van der Waals surface area contributed by atoms with Crippen molar-refractivity contribution in [3.63, 3.8) is 0 Å². The Morgan fingerprint density at radius 3 is 1.29 bits per heavy atom. The molecule has 0 heterocycles. The summed E-state index contributed by atoms with van der Waals surface area (Å²) in [5.74, 6) is -3.17. The molecule has 0 aromatic heterocycles. The summed E-state index contributed by atoms with van der Waals surface area (Å²) < 4.78 is 11.0. The fourth-order valence-electron chi connectivity index (χ4n) is 7.70. The van der Waals surface area contributed by atoms with Gasteiger partial charge in [0.25, 0.3) is 0 Å². The molecule has 0 saturated carbocycles. The minimum absolute atomic E-state index is 0.196. The van der Waals surface area contributed by atoms with Crippen LogP contribution in [0, 0.1) is 10.8 Å². The maximum atomic E-state index is 13.3. The van der Waals surface area contributed by atoms with Gasteiger partial charge in [-0.25, -0.2) is 0 Å². The topological polar surface area (TPSA) is 266 Å². The molecular weight excluding hydrogens is 937 g/mol. The summed E-state index contributed by atoms with van der Waals surface area (Å²) in [4.78, 5) is 75.9. The van der Waals surface area contributed by atoms with Crippen molar-refractivity contribution in [2.75, 3.05) is 39.6 Å². The molecule has 0 aromatic rings. The lowest BCUT2D eigenvalue weighted by molar-refractivity contribution is -0.156. The number of Topliss-reactive ketones (excluding diaryl/α,β-unsaturated/α-hetero) is 2. The largest absolute Gasteiger partial charge is 0.454 e. The van der Waals surface area contributed by atoms with Crippen LogP contribution in [-0.4, -0.2) is 129 Å². The minimum atomic E-state index is -1.60. The predicted molar refractivity (Wildman–Crippen MR) is 282 cm³/mol. The number of rotatable bonds is 25. The Bertz CT molecular complexity index is 2260. The molecular formula is C57H82N2O14. The second kappa shape index (κ2) is 32.3. The van der Waals surface area contributed by atoms with Crippen LogP contribution in [0.15, 0.2) is 130 Å². The number of carbonyl (C=O) groups excluding carboxylic acids is 6. The Kier molecular flexibility index (Phi) is 28.9. The van der Waals surface area contributed by atoms with Gasteiger partial charge in [-0.15, -0.1) is 0 Å². The molecule has 73 heavy (non-hydrogen) atoms. The summed E-state index contributed by atoms with van der Waals surface area (Å²) >= 11 is 0. The molecule has 2 unspecified atom stereocenters. The zero-order chi connectivity index (χ0) is 55.5. The monoisotopic (exact) mass is 1020 g/mol. The van der Waals surface area contributed by atoms with Gasteiger partial charge in [0, 0.05) is 32.3 Å². The molecule has 404 valence electrons. The SMILES string of the molecule is CC1=C(/C=C/C(C)=C/C=C/C(C)=C/C=C/C=C(C)/C=C/C=C(C)/C=C/C2=C(C)C(=O)C(OC(=O)CCC(=O)NC(CO)(CO)CO)CC2(C)C)C(C)(C)CC(OC(=O)CCC(=O)NC(CO)CO)C1=O.CCO. The lowest BCUT2D eigenvalue weighted by atomic mass is 9.71. The summed E-state index contributed by atoms with van der Waals surface area (Å²) in [6.07, 6.45) is 25.0. The van der Waals surface area contributed by atoms with Crippen LogP contribution in [0.1, 0.15) is 115 Å². The Labute approximate surface area is 432 Å². The maximum absolute atomic E-state index is 13.3. The van der Waals surface area contributed by atoms with Crippen molar-refractivity contribution >= 4 is 35.3 Å². The Morgan fingerprint density at radius 2 is 0.932 bits per heavy atom. The number of ether oxygens (including phenoxy) is 2. The number of ketones is 2.